The smallest absolute Gasteiger partial charge is 0.329 e. The van der Waals surface area contributed by atoms with Crippen LogP contribution in [0.1, 0.15) is 116 Å². The Balaban J connectivity index is 0.688. The molecule has 20 heteroatoms. The van der Waals surface area contributed by atoms with Gasteiger partial charge >= 0.3 is 6.03 Å². The number of likely N-dealkylation sites (tertiary alicyclic amines) is 2. The highest BCUT2D eigenvalue weighted by Gasteiger charge is 2.52. The van der Waals surface area contributed by atoms with Gasteiger partial charge in [-0.3, -0.25) is 29.3 Å². The molecule has 1 aromatic heterocycles. The van der Waals surface area contributed by atoms with Crippen molar-refractivity contribution in [3.05, 3.63) is 105 Å². The zero-order chi connectivity index (χ0) is 54.1. The van der Waals surface area contributed by atoms with E-state index in [2.05, 4.69) is 20.6 Å². The van der Waals surface area contributed by atoms with Crippen LogP contribution in [0.15, 0.2) is 54.6 Å². The molecule has 5 heterocycles. The summed E-state index contributed by atoms with van der Waals surface area (Å²) < 4.78 is 78.2. The average Bonchev–Trinajstić information content (AvgIpc) is 4.01. The molecule has 2 saturated carbocycles. The second kappa shape index (κ2) is 20.8. The standard InChI is InChI=1S/C57H63ClF4N8O7/c1-31-44-42(27-40(60)48(58)47(44)46-37(52(63)73)12-13-41(49(46)61)76-25-24-71)77-57(31,34-6-4-3-5-7-34)30-64-35-10-8-33(9-11-35)54(74)69-22-17-56(18-23-69)28-36(29-56)68-19-14-32(15-20-68)45-39(59)26-38-51(50(45)62)67(2)66-53(38)70-21-16-43(72)65-55(70)75/h3-7,12-13,26-27,31-33,35-36,64,71H,8-11,14-25,28-30H2,1-2H3,(H2,63,73)(H,65,72,75)/t31-,33?,35?,57-/m0/s1. The molecule has 2 aliphatic carbocycles. The number of nitrogens with one attached hydrogen (secondary N) is 2. The number of piperidine rings is 2. The quantitative estimate of drug-likeness (QED) is 0.0834. The summed E-state index contributed by atoms with van der Waals surface area (Å²) in [5, 5.41) is 19.5. The van der Waals surface area contributed by atoms with E-state index in [0.29, 0.717) is 37.3 Å². The van der Waals surface area contributed by atoms with Crippen molar-refractivity contribution in [2.24, 2.45) is 24.1 Å². The van der Waals surface area contributed by atoms with Gasteiger partial charge in [-0.2, -0.15) is 5.10 Å². The number of carbonyl (C=O) groups is 4. The minimum absolute atomic E-state index is 0.0426. The second-order valence-electron chi connectivity index (χ2n) is 22.1. The van der Waals surface area contributed by atoms with Crippen LogP contribution in [-0.4, -0.2) is 113 Å². The lowest BCUT2D eigenvalue weighted by atomic mass is 9.59. The van der Waals surface area contributed by atoms with E-state index in [4.69, 9.17) is 26.8 Å². The Bertz CT molecular complexity index is 3150. The first kappa shape index (κ1) is 52.8. The van der Waals surface area contributed by atoms with Crippen molar-refractivity contribution < 1.29 is 51.3 Å². The highest BCUT2D eigenvalue weighted by atomic mass is 35.5. The second-order valence-corrected chi connectivity index (χ2v) is 22.5. The average molecular weight is 1080 g/mol. The van der Waals surface area contributed by atoms with Crippen LogP contribution in [0.25, 0.3) is 22.0 Å². The van der Waals surface area contributed by atoms with Gasteiger partial charge in [-0.1, -0.05) is 48.9 Å². The van der Waals surface area contributed by atoms with Gasteiger partial charge in [-0.15, -0.1) is 0 Å². The third-order valence-corrected chi connectivity index (χ3v) is 18.3. The number of amides is 5. The number of aromatic nitrogens is 2. The SMILES string of the molecule is C[C@H]1c2c(cc(F)c(Cl)c2-c2c(C(N)=O)ccc(OCCO)c2F)O[C@]1(CNC1CCC(C(=O)N2CCC3(CC2)CC(N2CCC(c4c(F)cc5c(N6CCC(=O)NC6=O)nn(C)c5c4F)CC2)C3)CC1)c1ccccc1. The summed E-state index contributed by atoms with van der Waals surface area (Å²) in [6, 6.07) is 14.2. The molecular weight excluding hydrogens is 1020 g/mol. The highest BCUT2D eigenvalue weighted by molar-refractivity contribution is 6.34. The van der Waals surface area contributed by atoms with Gasteiger partial charge in [0, 0.05) is 91.9 Å². The number of nitrogens with zero attached hydrogens (tertiary/aromatic N) is 5. The minimum Gasteiger partial charge on any atom is -0.488 e. The van der Waals surface area contributed by atoms with Gasteiger partial charge < -0.3 is 35.4 Å². The zero-order valence-corrected chi connectivity index (χ0v) is 43.9. The van der Waals surface area contributed by atoms with Gasteiger partial charge in [0.1, 0.15) is 29.5 Å². The van der Waals surface area contributed by atoms with Crippen molar-refractivity contribution in [3.63, 3.8) is 0 Å². The summed E-state index contributed by atoms with van der Waals surface area (Å²) in [5.41, 5.74) is 5.58. The molecule has 5 N–H and O–H groups in total. The number of halogens is 5. The molecule has 0 bridgehead atoms. The summed E-state index contributed by atoms with van der Waals surface area (Å²) in [6.45, 7) is 4.52. The van der Waals surface area contributed by atoms with Crippen molar-refractivity contribution in [3.8, 4) is 22.6 Å². The number of fused-ring (bicyclic) bond motifs is 2. The fourth-order valence-corrected chi connectivity index (χ4v) is 13.9. The van der Waals surface area contributed by atoms with Crippen LogP contribution in [0, 0.1) is 34.6 Å². The number of aliphatic hydroxyl groups is 1. The van der Waals surface area contributed by atoms with Crippen molar-refractivity contribution in [2.75, 3.05) is 57.4 Å². The van der Waals surface area contributed by atoms with Crippen LogP contribution < -0.4 is 30.7 Å². The first-order chi connectivity index (χ1) is 37.0. The number of aliphatic hydroxyl groups excluding tert-OH is 1. The van der Waals surface area contributed by atoms with Gasteiger partial charge in [-0.05, 0) is 112 Å². The van der Waals surface area contributed by atoms with E-state index in [1.165, 1.54) is 33.8 Å². The number of nitrogens with two attached hydrogens (primary N) is 1. The van der Waals surface area contributed by atoms with E-state index in [9.17, 15) is 24.3 Å². The summed E-state index contributed by atoms with van der Waals surface area (Å²) in [6.07, 6.45) is 8.18. The Morgan fingerprint density at radius 1 is 0.909 bits per heavy atom. The van der Waals surface area contributed by atoms with Crippen LogP contribution in [0.3, 0.4) is 0 Å². The van der Waals surface area contributed by atoms with Crippen molar-refractivity contribution in [2.45, 2.75) is 107 Å². The Morgan fingerprint density at radius 2 is 1.62 bits per heavy atom. The first-order valence-electron chi connectivity index (χ1n) is 26.9. The van der Waals surface area contributed by atoms with E-state index in [0.717, 1.165) is 70.3 Å². The van der Waals surface area contributed by atoms with E-state index in [1.807, 2.05) is 42.2 Å². The van der Waals surface area contributed by atoms with Crippen LogP contribution in [-0.2, 0) is 22.2 Å². The van der Waals surface area contributed by atoms with Crippen molar-refractivity contribution in [1.82, 2.24) is 30.2 Å². The van der Waals surface area contributed by atoms with Crippen molar-refractivity contribution in [1.29, 1.82) is 0 Å². The number of benzene rings is 4. The number of aryl methyl sites for hydroxylation is 1. The Labute approximate surface area is 448 Å². The third kappa shape index (κ3) is 9.37. The molecule has 0 radical (unpaired) electrons. The summed E-state index contributed by atoms with van der Waals surface area (Å²) >= 11 is 6.73. The predicted molar refractivity (Wildman–Crippen MR) is 280 cm³/mol. The zero-order valence-electron chi connectivity index (χ0n) is 43.1. The van der Waals surface area contributed by atoms with E-state index in [-0.39, 0.29) is 106 Å². The maximum absolute atomic E-state index is 16.5. The van der Waals surface area contributed by atoms with E-state index >= 15 is 17.6 Å². The molecule has 4 aliphatic heterocycles. The molecule has 408 valence electrons. The summed E-state index contributed by atoms with van der Waals surface area (Å²) in [5.74, 6) is -5.31. The largest absolute Gasteiger partial charge is 0.488 e. The number of ether oxygens (including phenoxy) is 2. The summed E-state index contributed by atoms with van der Waals surface area (Å²) in [7, 11) is 1.57. The molecule has 1 spiro atoms. The molecule has 4 aromatic carbocycles. The molecule has 5 aromatic rings. The fourth-order valence-electron chi connectivity index (χ4n) is 13.6. The van der Waals surface area contributed by atoms with Crippen LogP contribution in [0.2, 0.25) is 5.02 Å². The maximum Gasteiger partial charge on any atom is 0.329 e. The number of anilines is 1. The molecule has 6 aliphatic rings. The fraction of sp³-hybridized carbons (Fsp3) is 0.491. The van der Waals surface area contributed by atoms with Crippen LogP contribution in [0.4, 0.5) is 28.2 Å². The van der Waals surface area contributed by atoms with Crippen molar-refractivity contribution >= 4 is 52.1 Å². The third-order valence-electron chi connectivity index (χ3n) is 17.9. The molecule has 0 unspecified atom stereocenters. The number of urea groups is 1. The van der Waals surface area contributed by atoms with Gasteiger partial charge in [0.2, 0.25) is 17.7 Å². The normalized spacial score (nSPS) is 24.0. The minimum atomic E-state index is -1.13. The first-order valence-corrected chi connectivity index (χ1v) is 27.2. The summed E-state index contributed by atoms with van der Waals surface area (Å²) in [4.78, 5) is 56.9. The van der Waals surface area contributed by atoms with E-state index in [1.54, 1.807) is 7.05 Å². The lowest BCUT2D eigenvalue weighted by molar-refractivity contribution is -0.141. The maximum atomic E-state index is 16.5. The number of rotatable bonds is 13. The van der Waals surface area contributed by atoms with Gasteiger partial charge in [-0.25, -0.2) is 22.4 Å². The molecule has 15 nitrogen and oxygen atoms in total. The molecule has 77 heavy (non-hydrogen) atoms. The molecule has 2 atom stereocenters. The Hall–Kier alpha value is -6.28. The molecule has 5 fully saturated rings. The molecule has 11 rings (SSSR count). The van der Waals surface area contributed by atoms with Gasteiger partial charge in [0.25, 0.3) is 0 Å². The van der Waals surface area contributed by atoms with E-state index < -0.39 is 64.3 Å². The predicted octanol–water partition coefficient (Wildman–Crippen LogP) is 8.56. The molecule has 3 saturated heterocycles. The number of primary amides is 1. The van der Waals surface area contributed by atoms with Crippen LogP contribution in [0.5, 0.6) is 11.5 Å². The monoisotopic (exact) mass is 1080 g/mol. The Kier molecular flexibility index (Phi) is 14.3. The highest BCUT2D eigenvalue weighted by Crippen LogP contribution is 2.57. The molecular formula is C57H63ClF4N8O7. The number of hydrogen-bond donors (Lipinski definition) is 4. The topological polar surface area (TPSA) is 185 Å². The molecule has 5 amide bonds. The lowest BCUT2D eigenvalue weighted by Gasteiger charge is -2.56. The Morgan fingerprint density at radius 3 is 2.30 bits per heavy atom. The number of carbonyl (C=O) groups excluding carboxylic acids is 4. The number of hydrogen-bond acceptors (Lipinski definition) is 10. The van der Waals surface area contributed by atoms with Gasteiger partial charge in [0.05, 0.1) is 22.6 Å². The van der Waals surface area contributed by atoms with Crippen LogP contribution >= 0.6 is 11.6 Å². The number of imide groups is 1. The lowest BCUT2D eigenvalue weighted by Crippen LogP contribution is -2.57. The van der Waals surface area contributed by atoms with Gasteiger partial charge in [0.15, 0.2) is 28.8 Å².